The van der Waals surface area contributed by atoms with Crippen molar-refractivity contribution in [1.29, 1.82) is 0 Å². The minimum Gasteiger partial charge on any atom is -0.491 e. The van der Waals surface area contributed by atoms with Crippen LogP contribution in [0, 0.1) is 6.92 Å². The third kappa shape index (κ3) is 4.74. The lowest BCUT2D eigenvalue weighted by Crippen LogP contribution is -2.20. The van der Waals surface area contributed by atoms with Crippen molar-refractivity contribution in [2.24, 2.45) is 0 Å². The van der Waals surface area contributed by atoms with Crippen LogP contribution >= 0.6 is 0 Å². The van der Waals surface area contributed by atoms with Gasteiger partial charge in [-0.05, 0) is 62.6 Å². The highest BCUT2D eigenvalue weighted by Crippen LogP contribution is 2.22. The van der Waals surface area contributed by atoms with E-state index in [1.54, 1.807) is 0 Å². The van der Waals surface area contributed by atoms with Crippen LogP contribution in [-0.4, -0.2) is 12.1 Å². The molecule has 2 N–H and O–H groups in total. The number of para-hydroxylation sites is 1. The van der Waals surface area contributed by atoms with E-state index >= 15 is 0 Å². The van der Waals surface area contributed by atoms with Crippen molar-refractivity contribution in [3.05, 3.63) is 53.6 Å². The van der Waals surface area contributed by atoms with Crippen molar-refractivity contribution in [2.45, 2.75) is 40.2 Å². The number of rotatable bonds is 5. The number of ether oxygens (including phenoxy) is 1. The van der Waals surface area contributed by atoms with Crippen LogP contribution in [0.5, 0.6) is 5.75 Å². The van der Waals surface area contributed by atoms with Crippen molar-refractivity contribution in [2.75, 3.05) is 10.6 Å². The third-order valence-corrected chi connectivity index (χ3v) is 3.46. The summed E-state index contributed by atoms with van der Waals surface area (Å²) in [6.45, 7) is 8.03. The molecule has 2 aromatic carbocycles. The molecule has 0 atom stereocenters. The zero-order valence-electron chi connectivity index (χ0n) is 14.1. The van der Waals surface area contributed by atoms with Crippen LogP contribution in [0.3, 0.4) is 0 Å². The maximum atomic E-state index is 12.2. The van der Waals surface area contributed by atoms with Crippen molar-refractivity contribution >= 4 is 17.4 Å². The molecular formula is C19H24N2O2. The third-order valence-electron chi connectivity index (χ3n) is 3.46. The first kappa shape index (κ1) is 16.9. The molecular weight excluding hydrogens is 288 g/mol. The molecule has 0 saturated carbocycles. The Balaban J connectivity index is 2.03. The highest BCUT2D eigenvalue weighted by molar-refractivity contribution is 6.00. The van der Waals surface area contributed by atoms with Gasteiger partial charge in [-0.1, -0.05) is 25.1 Å². The van der Waals surface area contributed by atoms with Crippen molar-refractivity contribution < 1.29 is 9.53 Å². The maximum absolute atomic E-state index is 12.2. The molecule has 4 heteroatoms. The largest absolute Gasteiger partial charge is 0.491 e. The lowest BCUT2D eigenvalue weighted by molar-refractivity contribution is 0.242. The minimum atomic E-state index is -0.244. The van der Waals surface area contributed by atoms with E-state index in [1.807, 2.05) is 63.2 Å². The van der Waals surface area contributed by atoms with E-state index in [1.165, 1.54) is 0 Å². The minimum absolute atomic E-state index is 0.130. The number of anilines is 2. The molecule has 0 unspecified atom stereocenters. The smallest absolute Gasteiger partial charge is 0.323 e. The van der Waals surface area contributed by atoms with Gasteiger partial charge in [-0.25, -0.2) is 4.79 Å². The SMILES string of the molecule is CCc1cccc(C)c1NC(=O)Nc1ccc(OC(C)C)cc1. The molecule has 0 heterocycles. The van der Waals surface area contributed by atoms with Crippen LogP contribution in [-0.2, 0) is 6.42 Å². The number of carbonyl (C=O) groups is 1. The van der Waals surface area contributed by atoms with Crippen LogP contribution in [0.15, 0.2) is 42.5 Å². The van der Waals surface area contributed by atoms with Gasteiger partial charge < -0.3 is 15.4 Å². The Morgan fingerprint density at radius 1 is 1.09 bits per heavy atom. The average Bonchev–Trinajstić information content (AvgIpc) is 2.50. The summed E-state index contributed by atoms with van der Waals surface area (Å²) in [5.74, 6) is 0.790. The Hall–Kier alpha value is -2.49. The summed E-state index contributed by atoms with van der Waals surface area (Å²) in [6, 6.07) is 13.1. The summed E-state index contributed by atoms with van der Waals surface area (Å²) < 4.78 is 5.59. The number of carbonyl (C=O) groups excluding carboxylic acids is 1. The van der Waals surface area contributed by atoms with Crippen LogP contribution in [0.25, 0.3) is 0 Å². The predicted octanol–water partition coefficient (Wildman–Crippen LogP) is 4.99. The highest BCUT2D eigenvalue weighted by atomic mass is 16.5. The number of hydrogen-bond acceptors (Lipinski definition) is 2. The van der Waals surface area contributed by atoms with Gasteiger partial charge in [0.05, 0.1) is 6.10 Å². The zero-order chi connectivity index (χ0) is 16.8. The van der Waals surface area contributed by atoms with Gasteiger partial charge in [0.15, 0.2) is 0 Å². The molecule has 2 rings (SSSR count). The van der Waals surface area contributed by atoms with Crippen LogP contribution in [0.2, 0.25) is 0 Å². The normalized spacial score (nSPS) is 10.5. The van der Waals surface area contributed by atoms with E-state index < -0.39 is 0 Å². The van der Waals surface area contributed by atoms with Gasteiger partial charge in [0, 0.05) is 11.4 Å². The summed E-state index contributed by atoms with van der Waals surface area (Å²) in [6.07, 6.45) is 1.00. The molecule has 0 fully saturated rings. The maximum Gasteiger partial charge on any atom is 0.323 e. The Labute approximate surface area is 137 Å². The van der Waals surface area contributed by atoms with E-state index in [0.717, 1.165) is 34.7 Å². The molecule has 0 aromatic heterocycles. The Bertz CT molecular complexity index is 664. The number of nitrogens with one attached hydrogen (secondary N) is 2. The molecule has 0 radical (unpaired) electrons. The van der Waals surface area contributed by atoms with Gasteiger partial charge in [0.1, 0.15) is 5.75 Å². The highest BCUT2D eigenvalue weighted by Gasteiger charge is 2.09. The van der Waals surface area contributed by atoms with Crippen LogP contribution in [0.1, 0.15) is 31.9 Å². The summed E-state index contributed by atoms with van der Waals surface area (Å²) in [5, 5.41) is 5.79. The second-order valence-electron chi connectivity index (χ2n) is 5.73. The van der Waals surface area contributed by atoms with Crippen LogP contribution < -0.4 is 15.4 Å². The zero-order valence-corrected chi connectivity index (χ0v) is 14.1. The Morgan fingerprint density at radius 3 is 2.39 bits per heavy atom. The lowest BCUT2D eigenvalue weighted by Gasteiger charge is -2.14. The van der Waals surface area contributed by atoms with Gasteiger partial charge in [0.2, 0.25) is 0 Å². The van der Waals surface area contributed by atoms with Crippen molar-refractivity contribution in [1.82, 2.24) is 0 Å². The molecule has 0 aliphatic carbocycles. The first-order valence-corrected chi connectivity index (χ1v) is 7.92. The standard InChI is InChI=1S/C19H24N2O2/c1-5-15-8-6-7-14(4)18(15)21-19(22)20-16-9-11-17(12-10-16)23-13(2)3/h6-13H,5H2,1-4H3,(H2,20,21,22). The van der Waals surface area contributed by atoms with Gasteiger partial charge in [0.25, 0.3) is 0 Å². The van der Waals surface area contributed by atoms with Gasteiger partial charge in [-0.3, -0.25) is 0 Å². The molecule has 0 aliphatic rings. The molecule has 0 bridgehead atoms. The fourth-order valence-electron chi connectivity index (χ4n) is 2.37. The molecule has 23 heavy (non-hydrogen) atoms. The van der Waals surface area contributed by atoms with Gasteiger partial charge >= 0.3 is 6.03 Å². The second kappa shape index (κ2) is 7.68. The second-order valence-corrected chi connectivity index (χ2v) is 5.73. The lowest BCUT2D eigenvalue weighted by atomic mass is 10.1. The van der Waals surface area contributed by atoms with Crippen LogP contribution in [0.4, 0.5) is 16.2 Å². The number of aryl methyl sites for hydroxylation is 2. The van der Waals surface area contributed by atoms with E-state index in [0.29, 0.717) is 0 Å². The summed E-state index contributed by atoms with van der Waals surface area (Å²) in [5.41, 5.74) is 3.79. The molecule has 2 aromatic rings. The summed E-state index contributed by atoms with van der Waals surface area (Å²) in [7, 11) is 0. The van der Waals surface area contributed by atoms with E-state index in [2.05, 4.69) is 17.6 Å². The molecule has 0 aliphatic heterocycles. The Kier molecular flexibility index (Phi) is 5.63. The van der Waals surface area contributed by atoms with Crippen molar-refractivity contribution in [3.63, 3.8) is 0 Å². The van der Waals surface area contributed by atoms with Gasteiger partial charge in [-0.15, -0.1) is 0 Å². The first-order chi connectivity index (χ1) is 11.0. The summed E-state index contributed by atoms with van der Waals surface area (Å²) >= 11 is 0. The molecule has 4 nitrogen and oxygen atoms in total. The first-order valence-electron chi connectivity index (χ1n) is 7.92. The monoisotopic (exact) mass is 312 g/mol. The van der Waals surface area contributed by atoms with Crippen molar-refractivity contribution in [3.8, 4) is 5.75 Å². The summed E-state index contributed by atoms with van der Waals surface area (Å²) in [4.78, 5) is 12.2. The fraction of sp³-hybridized carbons (Fsp3) is 0.316. The predicted molar refractivity (Wildman–Crippen MR) is 95.4 cm³/mol. The number of hydrogen-bond donors (Lipinski definition) is 2. The average molecular weight is 312 g/mol. The van der Waals surface area contributed by atoms with E-state index in [9.17, 15) is 4.79 Å². The molecule has 2 amide bonds. The molecule has 0 saturated heterocycles. The number of benzene rings is 2. The number of urea groups is 1. The quantitative estimate of drug-likeness (QED) is 0.817. The Morgan fingerprint density at radius 2 is 1.78 bits per heavy atom. The molecule has 122 valence electrons. The van der Waals surface area contributed by atoms with Gasteiger partial charge in [-0.2, -0.15) is 0 Å². The van der Waals surface area contributed by atoms with E-state index in [4.69, 9.17) is 4.74 Å². The fourth-order valence-corrected chi connectivity index (χ4v) is 2.37. The topological polar surface area (TPSA) is 50.4 Å². The molecule has 0 spiro atoms. The number of amides is 2. The van der Waals surface area contributed by atoms with E-state index in [-0.39, 0.29) is 12.1 Å².